The third-order valence-electron chi connectivity index (χ3n) is 2.34. The van der Waals surface area contributed by atoms with Crippen molar-refractivity contribution in [2.45, 2.75) is 0 Å². The monoisotopic (exact) mass is 323 g/mol. The second kappa shape index (κ2) is 5.71. The second-order valence-electron chi connectivity index (χ2n) is 3.83. The highest BCUT2D eigenvalue weighted by atomic mass is 79.9. The van der Waals surface area contributed by atoms with Gasteiger partial charge in [0.05, 0.1) is 0 Å². The lowest BCUT2D eigenvalue weighted by molar-refractivity contribution is 0.262. The molecule has 4 N–H and O–H groups in total. The first kappa shape index (κ1) is 13.4. The summed E-state index contributed by atoms with van der Waals surface area (Å²) in [7, 11) is 0. The Labute approximate surface area is 117 Å². The topological polar surface area (TPSA) is 67.1 Å². The van der Waals surface area contributed by atoms with Gasteiger partial charge in [0, 0.05) is 21.5 Å². The summed E-state index contributed by atoms with van der Waals surface area (Å²) in [5.41, 5.74) is 7.15. The maximum Gasteiger partial charge on any atom is 0.323 e. The third-order valence-corrected chi connectivity index (χ3v) is 3.06. The Morgan fingerprint density at radius 1 is 1.11 bits per heavy atom. The molecule has 2 amide bonds. The van der Waals surface area contributed by atoms with Crippen LogP contribution in [0.15, 0.2) is 46.9 Å². The van der Waals surface area contributed by atoms with Gasteiger partial charge in [-0.3, -0.25) is 0 Å². The molecule has 2 aromatic carbocycles. The first-order valence-corrected chi connectivity index (χ1v) is 6.22. The van der Waals surface area contributed by atoms with Crippen LogP contribution in [0.1, 0.15) is 0 Å². The Morgan fingerprint density at radius 3 is 2.42 bits per heavy atom. The van der Waals surface area contributed by atoms with Gasteiger partial charge in [0.15, 0.2) is 0 Å². The molecule has 0 unspecified atom stereocenters. The zero-order chi connectivity index (χ0) is 13.8. The van der Waals surface area contributed by atoms with E-state index in [9.17, 15) is 9.18 Å². The summed E-state index contributed by atoms with van der Waals surface area (Å²) in [5.74, 6) is -0.411. The molecule has 2 rings (SSSR count). The van der Waals surface area contributed by atoms with E-state index in [0.717, 1.165) is 4.47 Å². The SMILES string of the molecule is Nc1cc(NC(=O)Nc2cccc(F)c2)ccc1Br. The largest absolute Gasteiger partial charge is 0.398 e. The summed E-state index contributed by atoms with van der Waals surface area (Å²) in [5, 5.41) is 5.13. The molecule has 19 heavy (non-hydrogen) atoms. The predicted molar refractivity (Wildman–Crippen MR) is 77.6 cm³/mol. The van der Waals surface area contributed by atoms with E-state index in [4.69, 9.17) is 5.73 Å². The number of amides is 2. The second-order valence-corrected chi connectivity index (χ2v) is 4.68. The van der Waals surface area contributed by atoms with Gasteiger partial charge in [-0.2, -0.15) is 0 Å². The third kappa shape index (κ3) is 3.69. The Bertz CT molecular complexity index is 619. The van der Waals surface area contributed by atoms with Crippen LogP contribution in [0.25, 0.3) is 0 Å². The van der Waals surface area contributed by atoms with Crippen molar-refractivity contribution in [1.82, 2.24) is 0 Å². The fraction of sp³-hybridized carbons (Fsp3) is 0. The molecule has 0 bridgehead atoms. The summed E-state index contributed by atoms with van der Waals surface area (Å²) in [6.45, 7) is 0. The van der Waals surface area contributed by atoms with Gasteiger partial charge in [-0.1, -0.05) is 6.07 Å². The number of urea groups is 1. The molecule has 2 aromatic rings. The fourth-order valence-electron chi connectivity index (χ4n) is 1.48. The number of benzene rings is 2. The van der Waals surface area contributed by atoms with Crippen molar-refractivity contribution < 1.29 is 9.18 Å². The van der Waals surface area contributed by atoms with Gasteiger partial charge >= 0.3 is 6.03 Å². The van der Waals surface area contributed by atoms with E-state index < -0.39 is 11.8 Å². The molecule has 6 heteroatoms. The Hall–Kier alpha value is -2.08. The lowest BCUT2D eigenvalue weighted by atomic mass is 10.3. The molecule has 0 aliphatic heterocycles. The van der Waals surface area contributed by atoms with E-state index >= 15 is 0 Å². The molecular formula is C13H11BrFN3O. The van der Waals surface area contributed by atoms with Crippen molar-refractivity contribution in [2.75, 3.05) is 16.4 Å². The molecule has 0 aromatic heterocycles. The van der Waals surface area contributed by atoms with Crippen LogP contribution < -0.4 is 16.4 Å². The lowest BCUT2D eigenvalue weighted by Crippen LogP contribution is -2.19. The maximum absolute atomic E-state index is 12.9. The summed E-state index contributed by atoms with van der Waals surface area (Å²) >= 11 is 3.26. The number of halogens is 2. The van der Waals surface area contributed by atoms with Crippen LogP contribution in [-0.2, 0) is 0 Å². The molecule has 0 atom stereocenters. The van der Waals surface area contributed by atoms with Crippen LogP contribution in [0.4, 0.5) is 26.2 Å². The molecule has 0 saturated heterocycles. The van der Waals surface area contributed by atoms with E-state index in [1.807, 2.05) is 0 Å². The highest BCUT2D eigenvalue weighted by molar-refractivity contribution is 9.10. The number of nitrogen functional groups attached to an aromatic ring is 1. The molecule has 0 aliphatic carbocycles. The zero-order valence-electron chi connectivity index (χ0n) is 9.78. The van der Waals surface area contributed by atoms with Crippen LogP contribution in [0, 0.1) is 5.82 Å². The number of carbonyl (C=O) groups is 1. The highest BCUT2D eigenvalue weighted by Crippen LogP contribution is 2.23. The molecule has 0 aliphatic rings. The molecular weight excluding hydrogens is 313 g/mol. The van der Waals surface area contributed by atoms with Gasteiger partial charge in [0.2, 0.25) is 0 Å². The van der Waals surface area contributed by atoms with Crippen molar-refractivity contribution in [1.29, 1.82) is 0 Å². The van der Waals surface area contributed by atoms with Crippen molar-refractivity contribution in [3.63, 3.8) is 0 Å². The minimum Gasteiger partial charge on any atom is -0.398 e. The molecule has 0 saturated carbocycles. The molecule has 4 nitrogen and oxygen atoms in total. The number of rotatable bonds is 2. The minimum absolute atomic E-state index is 0.377. The summed E-state index contributed by atoms with van der Waals surface area (Å²) < 4.78 is 13.7. The minimum atomic E-state index is -0.465. The molecule has 98 valence electrons. The first-order valence-electron chi connectivity index (χ1n) is 5.43. The molecule has 0 fully saturated rings. The Balaban J connectivity index is 2.03. The molecule has 0 spiro atoms. The summed E-state index contributed by atoms with van der Waals surface area (Å²) in [6.07, 6.45) is 0. The summed E-state index contributed by atoms with van der Waals surface area (Å²) in [4.78, 5) is 11.7. The number of carbonyl (C=O) groups excluding carboxylic acids is 1. The lowest BCUT2D eigenvalue weighted by Gasteiger charge is -2.08. The number of nitrogens with two attached hydrogens (primary N) is 1. The van der Waals surface area contributed by atoms with Crippen LogP contribution in [0.3, 0.4) is 0 Å². The quantitative estimate of drug-likeness (QED) is 0.735. The average Bonchev–Trinajstić information content (AvgIpc) is 2.34. The zero-order valence-corrected chi connectivity index (χ0v) is 11.4. The summed E-state index contributed by atoms with van der Waals surface area (Å²) in [6, 6.07) is 10.2. The number of hydrogen-bond donors (Lipinski definition) is 3. The normalized spacial score (nSPS) is 10.0. The van der Waals surface area contributed by atoms with Gasteiger partial charge in [0.25, 0.3) is 0 Å². The molecule has 0 heterocycles. The van der Waals surface area contributed by atoms with E-state index in [-0.39, 0.29) is 0 Å². The van der Waals surface area contributed by atoms with Crippen molar-refractivity contribution in [2.24, 2.45) is 0 Å². The van der Waals surface area contributed by atoms with Crippen molar-refractivity contribution >= 4 is 39.0 Å². The molecule has 0 radical (unpaired) electrons. The number of hydrogen-bond acceptors (Lipinski definition) is 2. The van der Waals surface area contributed by atoms with Gasteiger partial charge in [-0.05, 0) is 52.3 Å². The highest BCUT2D eigenvalue weighted by Gasteiger charge is 2.04. The van der Waals surface area contributed by atoms with E-state index in [0.29, 0.717) is 17.1 Å². The van der Waals surface area contributed by atoms with Gasteiger partial charge < -0.3 is 16.4 Å². The van der Waals surface area contributed by atoms with E-state index in [2.05, 4.69) is 26.6 Å². The standard InChI is InChI=1S/C13H11BrFN3O/c14-11-5-4-10(7-12(11)16)18-13(19)17-9-3-1-2-8(15)6-9/h1-7H,16H2,(H2,17,18,19). The van der Waals surface area contributed by atoms with Crippen LogP contribution in [0.5, 0.6) is 0 Å². The Morgan fingerprint density at radius 2 is 1.79 bits per heavy atom. The van der Waals surface area contributed by atoms with E-state index in [1.54, 1.807) is 24.3 Å². The first-order chi connectivity index (χ1) is 9.04. The van der Waals surface area contributed by atoms with Gasteiger partial charge in [0.1, 0.15) is 5.82 Å². The predicted octanol–water partition coefficient (Wildman–Crippen LogP) is 3.81. The number of nitrogens with one attached hydrogen (secondary N) is 2. The number of anilines is 3. The fourth-order valence-corrected chi connectivity index (χ4v) is 1.73. The maximum atomic E-state index is 12.9. The van der Waals surface area contributed by atoms with Crippen LogP contribution >= 0.6 is 15.9 Å². The van der Waals surface area contributed by atoms with Gasteiger partial charge in [-0.15, -0.1) is 0 Å². The Kier molecular flexibility index (Phi) is 4.01. The van der Waals surface area contributed by atoms with E-state index in [1.165, 1.54) is 18.2 Å². The van der Waals surface area contributed by atoms with Crippen LogP contribution in [0.2, 0.25) is 0 Å². The van der Waals surface area contributed by atoms with Crippen molar-refractivity contribution in [3.8, 4) is 0 Å². The van der Waals surface area contributed by atoms with Gasteiger partial charge in [-0.25, -0.2) is 9.18 Å². The smallest absolute Gasteiger partial charge is 0.323 e. The van der Waals surface area contributed by atoms with Crippen molar-refractivity contribution in [3.05, 3.63) is 52.8 Å². The average molecular weight is 324 g/mol. The van der Waals surface area contributed by atoms with Crippen LogP contribution in [-0.4, -0.2) is 6.03 Å².